The molecule has 5 nitrogen and oxygen atoms in total. The van der Waals surface area contributed by atoms with Crippen LogP contribution in [0.1, 0.15) is 11.4 Å². The third kappa shape index (κ3) is 1.82. The van der Waals surface area contributed by atoms with Gasteiger partial charge in [-0.15, -0.1) is 16.4 Å². The lowest BCUT2D eigenvalue weighted by Gasteiger charge is -2.05. The Bertz CT molecular complexity index is 770. The minimum atomic E-state index is -0.0225. The minimum absolute atomic E-state index is 0.0225. The van der Waals surface area contributed by atoms with Gasteiger partial charge < -0.3 is 5.73 Å². The smallest absolute Gasteiger partial charge is 0.174 e. The summed E-state index contributed by atoms with van der Waals surface area (Å²) in [6.07, 6.45) is 1.58. The number of amidine groups is 1. The van der Waals surface area contributed by atoms with Crippen molar-refractivity contribution in [3.63, 3.8) is 0 Å². The van der Waals surface area contributed by atoms with Crippen LogP contribution in [0.5, 0.6) is 0 Å². The lowest BCUT2D eigenvalue weighted by atomic mass is 10.2. The minimum Gasteiger partial charge on any atom is -0.384 e. The maximum Gasteiger partial charge on any atom is 0.174 e. The summed E-state index contributed by atoms with van der Waals surface area (Å²) >= 11 is 1.62. The molecule has 0 amide bonds. The SMILES string of the molecule is C=Cc1nc2c(C(=N)N)ccc(-c3cccs3)n2n1. The number of hydrogen-bond donors (Lipinski definition) is 2. The third-order valence-electron chi connectivity index (χ3n) is 2.75. The Morgan fingerprint density at radius 1 is 1.42 bits per heavy atom. The maximum absolute atomic E-state index is 7.60. The molecule has 0 radical (unpaired) electrons. The summed E-state index contributed by atoms with van der Waals surface area (Å²) in [7, 11) is 0. The number of aromatic nitrogens is 3. The number of fused-ring (bicyclic) bond motifs is 1. The fraction of sp³-hybridized carbons (Fsp3) is 0. The molecule has 0 unspecified atom stereocenters. The molecule has 0 spiro atoms. The molecule has 0 saturated carbocycles. The zero-order valence-corrected chi connectivity index (χ0v) is 10.8. The highest BCUT2D eigenvalue weighted by molar-refractivity contribution is 7.13. The van der Waals surface area contributed by atoms with Gasteiger partial charge in [-0.25, -0.2) is 9.50 Å². The highest BCUT2D eigenvalue weighted by Crippen LogP contribution is 2.26. The van der Waals surface area contributed by atoms with E-state index in [9.17, 15) is 0 Å². The molecule has 0 fully saturated rings. The van der Waals surface area contributed by atoms with E-state index in [1.54, 1.807) is 28.0 Å². The largest absolute Gasteiger partial charge is 0.384 e. The first-order chi connectivity index (χ1) is 9.20. The molecular weight excluding hydrogens is 258 g/mol. The average Bonchev–Trinajstić information content (AvgIpc) is 3.06. The van der Waals surface area contributed by atoms with Gasteiger partial charge in [0.2, 0.25) is 0 Å². The van der Waals surface area contributed by atoms with E-state index in [1.807, 2.05) is 23.6 Å². The van der Waals surface area contributed by atoms with Crippen molar-refractivity contribution < 1.29 is 0 Å². The zero-order valence-electron chi connectivity index (χ0n) is 10.00. The summed E-state index contributed by atoms with van der Waals surface area (Å²) in [6, 6.07) is 7.70. The lowest BCUT2D eigenvalue weighted by molar-refractivity contribution is 0.963. The number of hydrogen-bond acceptors (Lipinski definition) is 4. The Kier molecular flexibility index (Phi) is 2.64. The van der Waals surface area contributed by atoms with E-state index in [0.717, 1.165) is 10.6 Å². The second-order valence-electron chi connectivity index (χ2n) is 3.93. The summed E-state index contributed by atoms with van der Waals surface area (Å²) in [5.41, 5.74) is 7.65. The second kappa shape index (κ2) is 4.33. The number of rotatable bonds is 3. The van der Waals surface area contributed by atoms with E-state index in [0.29, 0.717) is 17.0 Å². The standard InChI is InChI=1S/C13H11N5S/c1-2-11-16-13-8(12(14)15)5-6-9(18(13)17-11)10-4-3-7-19-10/h2-7H,1H2,(H3,14,15). The first-order valence-electron chi connectivity index (χ1n) is 5.61. The van der Waals surface area contributed by atoms with E-state index in [1.165, 1.54) is 0 Å². The first-order valence-corrected chi connectivity index (χ1v) is 6.49. The van der Waals surface area contributed by atoms with E-state index in [4.69, 9.17) is 11.1 Å². The molecule has 3 aromatic rings. The van der Waals surface area contributed by atoms with Crippen LogP contribution >= 0.6 is 11.3 Å². The molecule has 0 saturated heterocycles. The highest BCUT2D eigenvalue weighted by atomic mass is 32.1. The van der Waals surface area contributed by atoms with Gasteiger partial charge in [0.1, 0.15) is 5.84 Å². The first kappa shape index (κ1) is 11.6. The predicted octanol–water partition coefficient (Wildman–Crippen LogP) is 2.38. The molecule has 0 bridgehead atoms. The van der Waals surface area contributed by atoms with Crippen molar-refractivity contribution in [1.82, 2.24) is 14.6 Å². The molecule has 3 rings (SSSR count). The van der Waals surface area contributed by atoms with Crippen molar-refractivity contribution in [3.05, 3.63) is 47.6 Å². The number of nitrogens with one attached hydrogen (secondary N) is 1. The fourth-order valence-corrected chi connectivity index (χ4v) is 2.62. The Morgan fingerprint density at radius 3 is 2.89 bits per heavy atom. The van der Waals surface area contributed by atoms with E-state index in [2.05, 4.69) is 16.7 Å². The summed E-state index contributed by atoms with van der Waals surface area (Å²) in [5, 5.41) is 14.0. The van der Waals surface area contributed by atoms with Gasteiger partial charge in [0.15, 0.2) is 11.5 Å². The molecule has 0 aliphatic rings. The van der Waals surface area contributed by atoms with Crippen LogP contribution in [-0.2, 0) is 0 Å². The summed E-state index contributed by atoms with van der Waals surface area (Å²) in [4.78, 5) is 5.42. The van der Waals surface area contributed by atoms with Crippen LogP contribution in [0.3, 0.4) is 0 Å². The molecule has 3 heterocycles. The van der Waals surface area contributed by atoms with Gasteiger partial charge in [-0.1, -0.05) is 12.6 Å². The van der Waals surface area contributed by atoms with Gasteiger partial charge in [-0.2, -0.15) is 0 Å². The molecule has 6 heteroatoms. The van der Waals surface area contributed by atoms with Crippen molar-refractivity contribution in [3.8, 4) is 10.6 Å². The lowest BCUT2D eigenvalue weighted by Crippen LogP contribution is -2.13. The molecule has 3 N–H and O–H groups in total. The van der Waals surface area contributed by atoms with Crippen molar-refractivity contribution in [1.29, 1.82) is 5.41 Å². The quantitative estimate of drug-likeness (QED) is 0.566. The van der Waals surface area contributed by atoms with Gasteiger partial charge >= 0.3 is 0 Å². The van der Waals surface area contributed by atoms with Crippen LogP contribution in [0.4, 0.5) is 0 Å². The van der Waals surface area contributed by atoms with Crippen LogP contribution in [0, 0.1) is 5.41 Å². The second-order valence-corrected chi connectivity index (χ2v) is 4.88. The van der Waals surface area contributed by atoms with Crippen LogP contribution in [0.15, 0.2) is 36.2 Å². The summed E-state index contributed by atoms with van der Waals surface area (Å²) in [5.74, 6) is 0.497. The maximum atomic E-state index is 7.60. The zero-order chi connectivity index (χ0) is 13.4. The van der Waals surface area contributed by atoms with Gasteiger partial charge in [-0.3, -0.25) is 5.41 Å². The summed E-state index contributed by atoms with van der Waals surface area (Å²) in [6.45, 7) is 3.67. The Hall–Kier alpha value is -2.47. The van der Waals surface area contributed by atoms with Crippen molar-refractivity contribution in [2.24, 2.45) is 5.73 Å². The molecule has 0 aliphatic carbocycles. The number of nitrogens with two attached hydrogens (primary N) is 1. The Morgan fingerprint density at radius 2 is 2.26 bits per heavy atom. The number of nitrogens with zero attached hydrogens (tertiary/aromatic N) is 3. The highest BCUT2D eigenvalue weighted by Gasteiger charge is 2.13. The van der Waals surface area contributed by atoms with Crippen molar-refractivity contribution in [2.45, 2.75) is 0 Å². The topological polar surface area (TPSA) is 80.1 Å². The van der Waals surface area contributed by atoms with Crippen molar-refractivity contribution in [2.75, 3.05) is 0 Å². The van der Waals surface area contributed by atoms with E-state index >= 15 is 0 Å². The van der Waals surface area contributed by atoms with Gasteiger partial charge in [-0.05, 0) is 29.7 Å². The number of pyridine rings is 1. The van der Waals surface area contributed by atoms with Gasteiger partial charge in [0.25, 0.3) is 0 Å². The van der Waals surface area contributed by atoms with Crippen LogP contribution in [0.25, 0.3) is 22.3 Å². The molecule has 0 atom stereocenters. The fourth-order valence-electron chi connectivity index (χ4n) is 1.89. The monoisotopic (exact) mass is 269 g/mol. The molecule has 0 aromatic carbocycles. The summed E-state index contributed by atoms with van der Waals surface area (Å²) < 4.78 is 1.71. The Labute approximate surface area is 113 Å². The van der Waals surface area contributed by atoms with Crippen LogP contribution in [0.2, 0.25) is 0 Å². The third-order valence-corrected chi connectivity index (χ3v) is 3.64. The molecule has 19 heavy (non-hydrogen) atoms. The van der Waals surface area contributed by atoms with Crippen molar-refractivity contribution >= 4 is 28.9 Å². The molecule has 3 aromatic heterocycles. The Balaban J connectivity index is 2.37. The number of nitrogen functional groups attached to an aromatic ring is 1. The molecular formula is C13H11N5S. The molecule has 0 aliphatic heterocycles. The van der Waals surface area contributed by atoms with E-state index in [-0.39, 0.29) is 5.84 Å². The number of thiophene rings is 1. The van der Waals surface area contributed by atoms with Gasteiger partial charge in [0, 0.05) is 0 Å². The normalized spacial score (nSPS) is 10.7. The van der Waals surface area contributed by atoms with Crippen LogP contribution in [-0.4, -0.2) is 20.4 Å². The van der Waals surface area contributed by atoms with E-state index < -0.39 is 0 Å². The van der Waals surface area contributed by atoms with Crippen LogP contribution < -0.4 is 5.73 Å². The van der Waals surface area contributed by atoms with Gasteiger partial charge in [0.05, 0.1) is 16.1 Å². The molecule has 94 valence electrons. The predicted molar refractivity (Wildman–Crippen MR) is 77.4 cm³/mol. The average molecular weight is 269 g/mol.